The van der Waals surface area contributed by atoms with Crippen LogP contribution in [-0.4, -0.2) is 59.9 Å². The molecule has 2 atom stereocenters. The number of hydrogen-bond acceptors (Lipinski definition) is 3. The second kappa shape index (κ2) is 8.52. The minimum Gasteiger partial charge on any atom is -0.352 e. The van der Waals surface area contributed by atoms with Crippen molar-refractivity contribution < 1.29 is 9.59 Å². The summed E-state index contributed by atoms with van der Waals surface area (Å²) in [6.45, 7) is 13.2. The molecule has 2 aliphatic rings. The summed E-state index contributed by atoms with van der Waals surface area (Å²) in [5.41, 5.74) is -0.332. The third-order valence-electron chi connectivity index (χ3n) is 5.75. The number of nitrogens with one attached hydrogen (secondary N) is 1. The Morgan fingerprint density at radius 1 is 1.08 bits per heavy atom. The minimum absolute atomic E-state index is 0.0246. The van der Waals surface area contributed by atoms with E-state index in [0.717, 1.165) is 45.4 Å². The fraction of sp³-hybridized carbons (Fsp3) is 0.900. The summed E-state index contributed by atoms with van der Waals surface area (Å²) in [6, 6.07) is 0.198. The van der Waals surface area contributed by atoms with Crippen LogP contribution in [0.2, 0.25) is 0 Å². The van der Waals surface area contributed by atoms with Gasteiger partial charge < -0.3 is 10.2 Å². The normalized spacial score (nSPS) is 22.7. The highest BCUT2D eigenvalue weighted by atomic mass is 16.2. The largest absolute Gasteiger partial charge is 0.352 e. The molecule has 0 aromatic rings. The second-order valence-electron chi connectivity index (χ2n) is 8.89. The van der Waals surface area contributed by atoms with Crippen LogP contribution >= 0.6 is 0 Å². The molecule has 1 saturated carbocycles. The molecule has 2 rings (SSSR count). The van der Waals surface area contributed by atoms with E-state index in [0.29, 0.717) is 5.92 Å². The Morgan fingerprint density at radius 3 is 2.12 bits per heavy atom. The average Bonchev–Trinajstić information content (AvgIpc) is 3.08. The van der Waals surface area contributed by atoms with Gasteiger partial charge in [-0.05, 0) is 32.1 Å². The molecular weight excluding hydrogens is 314 g/mol. The van der Waals surface area contributed by atoms with Crippen LogP contribution in [0.3, 0.4) is 0 Å². The Kier molecular flexibility index (Phi) is 6.89. The summed E-state index contributed by atoms with van der Waals surface area (Å²) < 4.78 is 0. The van der Waals surface area contributed by atoms with Gasteiger partial charge in [0.05, 0.1) is 6.04 Å². The molecule has 0 aromatic carbocycles. The van der Waals surface area contributed by atoms with Crippen LogP contribution in [-0.2, 0) is 9.59 Å². The van der Waals surface area contributed by atoms with E-state index in [9.17, 15) is 9.59 Å². The van der Waals surface area contributed by atoms with Crippen molar-refractivity contribution >= 4 is 11.8 Å². The van der Waals surface area contributed by atoms with E-state index >= 15 is 0 Å². The van der Waals surface area contributed by atoms with Crippen LogP contribution in [0.1, 0.15) is 66.7 Å². The molecule has 5 nitrogen and oxygen atoms in total. The molecule has 144 valence electrons. The molecule has 0 bridgehead atoms. The van der Waals surface area contributed by atoms with Crippen LogP contribution in [0.4, 0.5) is 0 Å². The smallest absolute Gasteiger partial charge is 0.237 e. The zero-order valence-electron chi connectivity index (χ0n) is 16.8. The van der Waals surface area contributed by atoms with Crippen LogP contribution < -0.4 is 5.32 Å². The lowest BCUT2D eigenvalue weighted by molar-refractivity contribution is -0.142. The van der Waals surface area contributed by atoms with Gasteiger partial charge in [-0.2, -0.15) is 0 Å². The molecule has 1 aliphatic heterocycles. The van der Waals surface area contributed by atoms with Crippen molar-refractivity contribution in [1.82, 2.24) is 15.1 Å². The van der Waals surface area contributed by atoms with Gasteiger partial charge >= 0.3 is 0 Å². The van der Waals surface area contributed by atoms with Crippen molar-refractivity contribution in [3.63, 3.8) is 0 Å². The molecule has 2 amide bonds. The average molecular weight is 352 g/mol. The molecule has 1 aliphatic carbocycles. The highest BCUT2D eigenvalue weighted by molar-refractivity contribution is 5.83. The summed E-state index contributed by atoms with van der Waals surface area (Å²) in [6.07, 6.45) is 5.73. The van der Waals surface area contributed by atoms with E-state index in [1.807, 2.05) is 25.7 Å². The van der Waals surface area contributed by atoms with Gasteiger partial charge in [0.2, 0.25) is 11.8 Å². The van der Waals surface area contributed by atoms with Gasteiger partial charge in [-0.1, -0.05) is 40.5 Å². The van der Waals surface area contributed by atoms with Gasteiger partial charge in [0, 0.05) is 37.6 Å². The lowest BCUT2D eigenvalue weighted by Crippen LogP contribution is -2.59. The van der Waals surface area contributed by atoms with Crippen molar-refractivity contribution in [3.8, 4) is 0 Å². The van der Waals surface area contributed by atoms with Gasteiger partial charge in [-0.15, -0.1) is 0 Å². The highest BCUT2D eigenvalue weighted by Gasteiger charge is 2.38. The van der Waals surface area contributed by atoms with E-state index in [1.165, 1.54) is 12.8 Å². The Hall–Kier alpha value is -1.10. The first-order valence-electron chi connectivity index (χ1n) is 10.1. The molecule has 0 spiro atoms. The third kappa shape index (κ3) is 5.19. The van der Waals surface area contributed by atoms with Crippen molar-refractivity contribution in [3.05, 3.63) is 0 Å². The first kappa shape index (κ1) is 20.2. The zero-order valence-corrected chi connectivity index (χ0v) is 16.8. The van der Waals surface area contributed by atoms with Crippen LogP contribution in [0.5, 0.6) is 0 Å². The molecule has 1 heterocycles. The van der Waals surface area contributed by atoms with E-state index in [2.05, 4.69) is 24.1 Å². The molecule has 5 heteroatoms. The number of piperazine rings is 1. The Balaban J connectivity index is 2.01. The van der Waals surface area contributed by atoms with Crippen molar-refractivity contribution in [2.45, 2.75) is 78.8 Å². The van der Waals surface area contributed by atoms with Crippen LogP contribution in [0.25, 0.3) is 0 Å². The molecule has 2 unspecified atom stereocenters. The summed E-state index contributed by atoms with van der Waals surface area (Å²) in [7, 11) is 0. The van der Waals surface area contributed by atoms with Gasteiger partial charge in [-0.3, -0.25) is 14.5 Å². The summed E-state index contributed by atoms with van der Waals surface area (Å²) in [4.78, 5) is 29.7. The van der Waals surface area contributed by atoms with E-state index in [-0.39, 0.29) is 29.3 Å². The standard InChI is InChI=1S/C20H37N3O2/c1-6-15(2)21-18(24)17(16-9-7-8-10-16)22-11-13-23(14-12-22)19(25)20(3,4)5/h15-17H,6-14H2,1-5H3,(H,21,24). The number of carbonyl (C=O) groups excluding carboxylic acids is 2. The molecule has 0 radical (unpaired) electrons. The van der Waals surface area contributed by atoms with Crippen molar-refractivity contribution in [2.24, 2.45) is 11.3 Å². The maximum absolute atomic E-state index is 12.9. The number of rotatable bonds is 5. The van der Waals surface area contributed by atoms with Crippen molar-refractivity contribution in [1.29, 1.82) is 0 Å². The lowest BCUT2D eigenvalue weighted by atomic mass is 9.93. The van der Waals surface area contributed by atoms with E-state index < -0.39 is 0 Å². The Morgan fingerprint density at radius 2 is 1.64 bits per heavy atom. The van der Waals surface area contributed by atoms with E-state index in [1.54, 1.807) is 0 Å². The topological polar surface area (TPSA) is 52.7 Å². The lowest BCUT2D eigenvalue weighted by Gasteiger charge is -2.42. The molecule has 1 N–H and O–H groups in total. The number of carbonyl (C=O) groups is 2. The van der Waals surface area contributed by atoms with Gasteiger partial charge in [0.15, 0.2) is 0 Å². The molecule has 2 fully saturated rings. The van der Waals surface area contributed by atoms with Crippen molar-refractivity contribution in [2.75, 3.05) is 26.2 Å². The third-order valence-corrected chi connectivity index (χ3v) is 5.75. The Labute approximate surface area is 153 Å². The predicted molar refractivity (Wildman–Crippen MR) is 101 cm³/mol. The second-order valence-corrected chi connectivity index (χ2v) is 8.89. The number of amides is 2. The maximum Gasteiger partial charge on any atom is 0.237 e. The fourth-order valence-electron chi connectivity index (χ4n) is 4.06. The summed E-state index contributed by atoms with van der Waals surface area (Å²) in [5.74, 6) is 0.874. The summed E-state index contributed by atoms with van der Waals surface area (Å²) >= 11 is 0. The number of hydrogen-bond donors (Lipinski definition) is 1. The molecule has 1 saturated heterocycles. The quantitative estimate of drug-likeness (QED) is 0.828. The SMILES string of the molecule is CCC(C)NC(=O)C(C1CCCC1)N1CCN(C(=O)C(C)(C)C)CC1. The van der Waals surface area contributed by atoms with Gasteiger partial charge in [-0.25, -0.2) is 0 Å². The van der Waals surface area contributed by atoms with Crippen LogP contribution in [0, 0.1) is 11.3 Å². The zero-order chi connectivity index (χ0) is 18.6. The molecule has 0 aromatic heterocycles. The first-order chi connectivity index (χ1) is 11.7. The highest BCUT2D eigenvalue weighted by Crippen LogP contribution is 2.31. The monoisotopic (exact) mass is 351 g/mol. The number of nitrogens with zero attached hydrogens (tertiary/aromatic N) is 2. The summed E-state index contributed by atoms with van der Waals surface area (Å²) in [5, 5.41) is 3.20. The van der Waals surface area contributed by atoms with Gasteiger partial charge in [0.1, 0.15) is 0 Å². The first-order valence-corrected chi connectivity index (χ1v) is 10.1. The predicted octanol–water partition coefficient (Wildman–Crippen LogP) is 2.65. The minimum atomic E-state index is -0.332. The molecule has 25 heavy (non-hydrogen) atoms. The molecular formula is C20H37N3O2. The van der Waals surface area contributed by atoms with Crippen LogP contribution in [0.15, 0.2) is 0 Å². The Bertz CT molecular complexity index is 458. The fourth-order valence-corrected chi connectivity index (χ4v) is 4.06. The maximum atomic E-state index is 12.9. The van der Waals surface area contributed by atoms with Gasteiger partial charge in [0.25, 0.3) is 0 Å². The van der Waals surface area contributed by atoms with E-state index in [4.69, 9.17) is 0 Å².